The number of amides is 1. The van der Waals surface area contributed by atoms with Gasteiger partial charge in [0.05, 0.1) is 0 Å². The third-order valence-corrected chi connectivity index (χ3v) is 2.12. The number of nitrogens with two attached hydrogens (primary N) is 2. The van der Waals surface area contributed by atoms with Crippen molar-refractivity contribution >= 4 is 5.91 Å². The van der Waals surface area contributed by atoms with Gasteiger partial charge >= 0.3 is 0 Å². The van der Waals surface area contributed by atoms with E-state index in [0.717, 1.165) is 12.0 Å². The maximum absolute atomic E-state index is 11.5. The summed E-state index contributed by atoms with van der Waals surface area (Å²) in [5.74, 6) is -0.158. The van der Waals surface area contributed by atoms with E-state index in [2.05, 4.69) is 5.32 Å². The van der Waals surface area contributed by atoms with Gasteiger partial charge in [0.25, 0.3) is 0 Å². The predicted molar refractivity (Wildman–Crippen MR) is 60.1 cm³/mol. The molecule has 0 aliphatic carbocycles. The number of benzene rings is 1. The highest BCUT2D eigenvalue weighted by molar-refractivity contribution is 5.82. The van der Waals surface area contributed by atoms with E-state index in [0.29, 0.717) is 13.1 Å². The molecule has 0 unspecified atom stereocenters. The van der Waals surface area contributed by atoms with Crippen LogP contribution in [0.3, 0.4) is 0 Å². The summed E-state index contributed by atoms with van der Waals surface area (Å²) in [6, 6.07) is 8.71. The van der Waals surface area contributed by atoms with Crippen molar-refractivity contribution in [3.8, 4) is 0 Å². The summed E-state index contributed by atoms with van der Waals surface area (Å²) in [7, 11) is 0. The van der Waals surface area contributed by atoms with Gasteiger partial charge in [0, 0.05) is 6.54 Å². The molecule has 1 aromatic carbocycles. The fraction of sp³-hybridized carbons (Fsp3) is 0.364. The van der Waals surface area contributed by atoms with Gasteiger partial charge in [-0.15, -0.1) is 0 Å². The lowest BCUT2D eigenvalue weighted by atomic mass is 10.1. The Hall–Kier alpha value is -1.39. The summed E-state index contributed by atoms with van der Waals surface area (Å²) >= 11 is 0. The zero-order chi connectivity index (χ0) is 11.1. The molecule has 1 aromatic rings. The fourth-order valence-corrected chi connectivity index (χ4v) is 1.24. The van der Waals surface area contributed by atoms with Crippen LogP contribution in [0.15, 0.2) is 30.3 Å². The SMILES string of the molecule is NCCCNC(=O)[C@H](N)c1ccccc1. The molecule has 0 aromatic heterocycles. The largest absolute Gasteiger partial charge is 0.354 e. The average molecular weight is 207 g/mol. The summed E-state index contributed by atoms with van der Waals surface area (Å²) in [5, 5.41) is 2.74. The summed E-state index contributed by atoms with van der Waals surface area (Å²) in [6.45, 7) is 1.15. The van der Waals surface area contributed by atoms with Gasteiger partial charge in [0.1, 0.15) is 6.04 Å². The molecule has 1 amide bonds. The predicted octanol–water partition coefficient (Wildman–Crippen LogP) is 0.151. The Balaban J connectivity index is 2.46. The molecule has 0 bridgehead atoms. The van der Waals surface area contributed by atoms with E-state index >= 15 is 0 Å². The van der Waals surface area contributed by atoms with Crippen molar-refractivity contribution in [2.75, 3.05) is 13.1 Å². The third kappa shape index (κ3) is 3.69. The minimum Gasteiger partial charge on any atom is -0.354 e. The molecule has 0 aliphatic heterocycles. The Morgan fingerprint density at radius 1 is 1.33 bits per heavy atom. The molecule has 0 spiro atoms. The zero-order valence-corrected chi connectivity index (χ0v) is 8.65. The van der Waals surface area contributed by atoms with E-state index in [9.17, 15) is 4.79 Å². The Morgan fingerprint density at radius 3 is 2.60 bits per heavy atom. The number of nitrogens with one attached hydrogen (secondary N) is 1. The molecule has 0 fully saturated rings. The van der Waals surface area contributed by atoms with E-state index in [1.54, 1.807) is 0 Å². The van der Waals surface area contributed by atoms with Crippen molar-refractivity contribution < 1.29 is 4.79 Å². The highest BCUT2D eigenvalue weighted by atomic mass is 16.2. The highest BCUT2D eigenvalue weighted by Gasteiger charge is 2.13. The molecular formula is C11H17N3O. The molecule has 0 saturated heterocycles. The first-order valence-electron chi connectivity index (χ1n) is 5.04. The maximum atomic E-state index is 11.5. The van der Waals surface area contributed by atoms with Crippen LogP contribution in [0.1, 0.15) is 18.0 Å². The fourth-order valence-electron chi connectivity index (χ4n) is 1.24. The molecule has 0 heterocycles. The van der Waals surface area contributed by atoms with Crippen LogP contribution < -0.4 is 16.8 Å². The Kier molecular flexibility index (Phi) is 4.80. The van der Waals surface area contributed by atoms with E-state index in [-0.39, 0.29) is 5.91 Å². The minimum atomic E-state index is -0.594. The van der Waals surface area contributed by atoms with E-state index < -0.39 is 6.04 Å². The monoisotopic (exact) mass is 207 g/mol. The maximum Gasteiger partial charge on any atom is 0.241 e. The van der Waals surface area contributed by atoms with Gasteiger partial charge in [-0.25, -0.2) is 0 Å². The molecule has 1 rings (SSSR count). The number of carbonyl (C=O) groups is 1. The van der Waals surface area contributed by atoms with Crippen LogP contribution in [0, 0.1) is 0 Å². The molecule has 5 N–H and O–H groups in total. The van der Waals surface area contributed by atoms with Crippen molar-refractivity contribution in [2.45, 2.75) is 12.5 Å². The first-order valence-corrected chi connectivity index (χ1v) is 5.04. The molecule has 82 valence electrons. The lowest BCUT2D eigenvalue weighted by molar-refractivity contribution is -0.122. The standard InChI is InChI=1S/C11H17N3O/c12-7-4-8-14-11(15)10(13)9-5-2-1-3-6-9/h1-3,5-6,10H,4,7-8,12-13H2,(H,14,15)/t10-/m1/s1. The molecule has 4 heteroatoms. The van der Waals surface area contributed by atoms with Gasteiger partial charge < -0.3 is 16.8 Å². The molecule has 0 saturated carbocycles. The van der Waals surface area contributed by atoms with E-state index in [4.69, 9.17) is 11.5 Å². The quantitative estimate of drug-likeness (QED) is 0.601. The Bertz CT molecular complexity index is 300. The van der Waals surface area contributed by atoms with Gasteiger partial charge in [0.15, 0.2) is 0 Å². The molecular weight excluding hydrogens is 190 g/mol. The summed E-state index contributed by atoms with van der Waals surface area (Å²) in [5.41, 5.74) is 11.9. The van der Waals surface area contributed by atoms with Crippen molar-refractivity contribution in [3.05, 3.63) is 35.9 Å². The van der Waals surface area contributed by atoms with Gasteiger partial charge in [-0.1, -0.05) is 30.3 Å². The number of rotatable bonds is 5. The highest BCUT2D eigenvalue weighted by Crippen LogP contribution is 2.08. The molecule has 15 heavy (non-hydrogen) atoms. The summed E-state index contributed by atoms with van der Waals surface area (Å²) < 4.78 is 0. The van der Waals surface area contributed by atoms with Gasteiger partial charge in [0.2, 0.25) is 5.91 Å². The number of hydrogen-bond acceptors (Lipinski definition) is 3. The molecule has 1 atom stereocenters. The van der Waals surface area contributed by atoms with Crippen LogP contribution in [0.5, 0.6) is 0 Å². The van der Waals surface area contributed by atoms with Crippen molar-refractivity contribution in [2.24, 2.45) is 11.5 Å². The van der Waals surface area contributed by atoms with E-state index in [1.165, 1.54) is 0 Å². The lowest BCUT2D eigenvalue weighted by Crippen LogP contribution is -2.35. The minimum absolute atomic E-state index is 0.158. The second-order valence-corrected chi connectivity index (χ2v) is 3.32. The van der Waals surface area contributed by atoms with Crippen molar-refractivity contribution in [1.82, 2.24) is 5.32 Å². The van der Waals surface area contributed by atoms with Crippen LogP contribution in [0.4, 0.5) is 0 Å². The zero-order valence-electron chi connectivity index (χ0n) is 8.65. The Morgan fingerprint density at radius 2 is 2.00 bits per heavy atom. The summed E-state index contributed by atoms with van der Waals surface area (Å²) in [4.78, 5) is 11.5. The topological polar surface area (TPSA) is 81.1 Å². The van der Waals surface area contributed by atoms with Gasteiger partial charge in [-0.05, 0) is 18.5 Å². The molecule has 0 radical (unpaired) electrons. The average Bonchev–Trinajstić information content (AvgIpc) is 2.29. The van der Waals surface area contributed by atoms with Gasteiger partial charge in [-0.2, -0.15) is 0 Å². The second kappa shape index (κ2) is 6.16. The number of carbonyl (C=O) groups excluding carboxylic acids is 1. The van der Waals surface area contributed by atoms with Crippen LogP contribution in [-0.2, 0) is 4.79 Å². The van der Waals surface area contributed by atoms with Crippen LogP contribution in [-0.4, -0.2) is 19.0 Å². The number of hydrogen-bond donors (Lipinski definition) is 3. The molecule has 0 aliphatic rings. The third-order valence-electron chi connectivity index (χ3n) is 2.12. The van der Waals surface area contributed by atoms with Crippen molar-refractivity contribution in [3.63, 3.8) is 0 Å². The smallest absolute Gasteiger partial charge is 0.241 e. The first-order chi connectivity index (χ1) is 7.25. The van der Waals surface area contributed by atoms with Crippen LogP contribution in [0.2, 0.25) is 0 Å². The van der Waals surface area contributed by atoms with Gasteiger partial charge in [-0.3, -0.25) is 4.79 Å². The van der Waals surface area contributed by atoms with Crippen LogP contribution in [0.25, 0.3) is 0 Å². The van der Waals surface area contributed by atoms with E-state index in [1.807, 2.05) is 30.3 Å². The first kappa shape index (κ1) is 11.7. The van der Waals surface area contributed by atoms with Crippen LogP contribution >= 0.6 is 0 Å². The second-order valence-electron chi connectivity index (χ2n) is 3.32. The lowest BCUT2D eigenvalue weighted by Gasteiger charge is -2.11. The molecule has 4 nitrogen and oxygen atoms in total. The Labute approximate surface area is 89.6 Å². The van der Waals surface area contributed by atoms with Crippen molar-refractivity contribution in [1.29, 1.82) is 0 Å². The normalized spacial score (nSPS) is 12.1. The summed E-state index contributed by atoms with van der Waals surface area (Å²) in [6.07, 6.45) is 0.771.